The molecule has 0 aromatic heterocycles. The number of rotatable bonds is 7. The van der Waals surface area contributed by atoms with Gasteiger partial charge >= 0.3 is 5.97 Å². The van der Waals surface area contributed by atoms with Gasteiger partial charge in [-0.2, -0.15) is 0 Å². The highest BCUT2D eigenvalue weighted by atomic mass is 16.5. The Hall–Kier alpha value is -3.02. The Balaban J connectivity index is 2.04. The molecule has 0 spiro atoms. The average Bonchev–Trinajstić information content (AvgIpc) is 2.60. The van der Waals surface area contributed by atoms with E-state index in [1.54, 1.807) is 38.3 Å². The van der Waals surface area contributed by atoms with Gasteiger partial charge in [0, 0.05) is 0 Å². The predicted octanol–water partition coefficient (Wildman–Crippen LogP) is 3.23. The quantitative estimate of drug-likeness (QED) is 0.756. The van der Waals surface area contributed by atoms with Gasteiger partial charge in [-0.25, -0.2) is 4.79 Å². The molecule has 0 atom stereocenters. The molecule has 0 bridgehead atoms. The number of benzene rings is 2. The third kappa shape index (κ3) is 4.97. The van der Waals surface area contributed by atoms with Crippen LogP contribution < -0.4 is 15.4 Å². The van der Waals surface area contributed by atoms with E-state index in [4.69, 9.17) is 9.47 Å². The molecule has 2 aromatic carbocycles. The molecule has 0 heterocycles. The highest BCUT2D eigenvalue weighted by molar-refractivity contribution is 6.02. The van der Waals surface area contributed by atoms with E-state index in [0.717, 1.165) is 11.3 Å². The summed E-state index contributed by atoms with van der Waals surface area (Å²) in [5.41, 5.74) is 2.53. The van der Waals surface area contributed by atoms with Crippen LogP contribution in [0, 0.1) is 6.92 Å². The normalized spacial score (nSPS) is 10.0. The number of methoxy groups -OCH3 is 1. The maximum absolute atomic E-state index is 12.2. The second-order valence-corrected chi connectivity index (χ2v) is 5.37. The van der Waals surface area contributed by atoms with Crippen molar-refractivity contribution in [3.63, 3.8) is 0 Å². The summed E-state index contributed by atoms with van der Waals surface area (Å²) in [6.45, 7) is 4.01. The summed E-state index contributed by atoms with van der Waals surface area (Å²) < 4.78 is 10.3. The van der Waals surface area contributed by atoms with Crippen molar-refractivity contribution >= 4 is 23.3 Å². The summed E-state index contributed by atoms with van der Waals surface area (Å²) in [4.78, 5) is 24.2. The Morgan fingerprint density at radius 1 is 1.08 bits per heavy atom. The number of aryl methyl sites for hydroxylation is 1. The van der Waals surface area contributed by atoms with Crippen molar-refractivity contribution < 1.29 is 19.1 Å². The molecule has 132 valence electrons. The molecule has 0 fully saturated rings. The van der Waals surface area contributed by atoms with Crippen LogP contribution in [0.4, 0.5) is 11.4 Å². The van der Waals surface area contributed by atoms with E-state index >= 15 is 0 Å². The number of ether oxygens (including phenoxy) is 2. The van der Waals surface area contributed by atoms with E-state index in [2.05, 4.69) is 10.6 Å². The molecule has 0 radical (unpaired) electrons. The van der Waals surface area contributed by atoms with E-state index in [1.807, 2.05) is 25.1 Å². The molecule has 2 N–H and O–H groups in total. The highest BCUT2D eigenvalue weighted by Crippen LogP contribution is 2.25. The lowest BCUT2D eigenvalue weighted by Gasteiger charge is -2.13. The molecule has 0 aliphatic heterocycles. The van der Waals surface area contributed by atoms with Gasteiger partial charge in [0.1, 0.15) is 5.75 Å². The largest absolute Gasteiger partial charge is 0.495 e. The zero-order chi connectivity index (χ0) is 18.2. The third-order valence-corrected chi connectivity index (χ3v) is 3.49. The Kier molecular flexibility index (Phi) is 6.39. The van der Waals surface area contributed by atoms with Crippen LogP contribution in [0.5, 0.6) is 5.75 Å². The SMILES string of the molecule is CCOC(=O)c1ccccc1NC(=O)CNc1cc(C)ccc1OC. The zero-order valence-corrected chi connectivity index (χ0v) is 14.6. The van der Waals surface area contributed by atoms with Crippen LogP contribution >= 0.6 is 0 Å². The molecule has 0 saturated carbocycles. The Morgan fingerprint density at radius 2 is 1.84 bits per heavy atom. The summed E-state index contributed by atoms with van der Waals surface area (Å²) in [5.74, 6) is -0.0858. The van der Waals surface area contributed by atoms with Crippen LogP contribution in [0.25, 0.3) is 0 Å². The van der Waals surface area contributed by atoms with Crippen LogP contribution in [0.3, 0.4) is 0 Å². The topological polar surface area (TPSA) is 76.7 Å². The fraction of sp³-hybridized carbons (Fsp3) is 0.263. The monoisotopic (exact) mass is 342 g/mol. The Bertz CT molecular complexity index is 759. The van der Waals surface area contributed by atoms with Gasteiger partial charge < -0.3 is 20.1 Å². The van der Waals surface area contributed by atoms with Gasteiger partial charge in [-0.3, -0.25) is 4.79 Å². The Morgan fingerprint density at radius 3 is 2.56 bits per heavy atom. The first-order valence-electron chi connectivity index (χ1n) is 7.99. The Labute approximate surface area is 147 Å². The van der Waals surface area contributed by atoms with Gasteiger partial charge in [0.25, 0.3) is 0 Å². The number of hydrogen-bond donors (Lipinski definition) is 2. The second-order valence-electron chi connectivity index (χ2n) is 5.37. The fourth-order valence-corrected chi connectivity index (χ4v) is 2.31. The number of esters is 1. The number of para-hydroxylation sites is 1. The molecule has 0 saturated heterocycles. The van der Waals surface area contributed by atoms with Gasteiger partial charge in [-0.15, -0.1) is 0 Å². The lowest BCUT2D eigenvalue weighted by molar-refractivity contribution is -0.114. The minimum atomic E-state index is -0.466. The van der Waals surface area contributed by atoms with Gasteiger partial charge in [-0.1, -0.05) is 18.2 Å². The fourth-order valence-electron chi connectivity index (χ4n) is 2.31. The lowest BCUT2D eigenvalue weighted by Crippen LogP contribution is -2.23. The van der Waals surface area contributed by atoms with Crippen molar-refractivity contribution in [1.29, 1.82) is 0 Å². The summed E-state index contributed by atoms with van der Waals surface area (Å²) >= 11 is 0. The van der Waals surface area contributed by atoms with Crippen molar-refractivity contribution in [3.05, 3.63) is 53.6 Å². The van der Waals surface area contributed by atoms with Crippen LogP contribution in [-0.2, 0) is 9.53 Å². The molecule has 6 nitrogen and oxygen atoms in total. The average molecular weight is 342 g/mol. The number of anilines is 2. The number of carbonyl (C=O) groups excluding carboxylic acids is 2. The van der Waals surface area contributed by atoms with Gasteiger partial charge in [0.15, 0.2) is 0 Å². The standard InChI is InChI=1S/C19H22N2O4/c1-4-25-19(23)14-7-5-6-8-15(14)21-18(22)12-20-16-11-13(2)9-10-17(16)24-3/h5-11,20H,4,12H2,1-3H3,(H,21,22). The smallest absolute Gasteiger partial charge is 0.340 e. The first-order chi connectivity index (χ1) is 12.0. The number of hydrogen-bond acceptors (Lipinski definition) is 5. The van der Waals surface area contributed by atoms with Crippen molar-refractivity contribution in [3.8, 4) is 5.75 Å². The summed E-state index contributed by atoms with van der Waals surface area (Å²) in [6.07, 6.45) is 0. The summed E-state index contributed by atoms with van der Waals surface area (Å²) in [5, 5.41) is 5.77. The van der Waals surface area contributed by atoms with E-state index in [-0.39, 0.29) is 19.1 Å². The number of amides is 1. The first-order valence-corrected chi connectivity index (χ1v) is 7.99. The van der Waals surface area contributed by atoms with Gasteiger partial charge in [0.05, 0.1) is 37.2 Å². The molecule has 0 aliphatic carbocycles. The molecule has 2 rings (SSSR count). The lowest BCUT2D eigenvalue weighted by atomic mass is 10.1. The molecule has 0 aliphatic rings. The zero-order valence-electron chi connectivity index (χ0n) is 14.6. The highest BCUT2D eigenvalue weighted by Gasteiger charge is 2.14. The molecule has 25 heavy (non-hydrogen) atoms. The van der Waals surface area contributed by atoms with Crippen molar-refractivity contribution in [2.45, 2.75) is 13.8 Å². The predicted molar refractivity (Wildman–Crippen MR) is 97.2 cm³/mol. The maximum Gasteiger partial charge on any atom is 0.340 e. The van der Waals surface area contributed by atoms with Crippen LogP contribution in [0.15, 0.2) is 42.5 Å². The molecule has 1 amide bonds. The molecule has 2 aromatic rings. The van der Waals surface area contributed by atoms with Crippen LogP contribution in [0.2, 0.25) is 0 Å². The summed E-state index contributed by atoms with van der Waals surface area (Å²) in [7, 11) is 1.57. The number of nitrogens with one attached hydrogen (secondary N) is 2. The van der Waals surface area contributed by atoms with E-state index in [1.165, 1.54) is 0 Å². The van der Waals surface area contributed by atoms with Crippen LogP contribution in [-0.4, -0.2) is 32.1 Å². The van der Waals surface area contributed by atoms with Crippen molar-refractivity contribution in [2.75, 3.05) is 30.9 Å². The molecule has 6 heteroatoms. The van der Waals surface area contributed by atoms with Crippen LogP contribution in [0.1, 0.15) is 22.8 Å². The van der Waals surface area contributed by atoms with Gasteiger partial charge in [0.2, 0.25) is 5.91 Å². The molecular formula is C19H22N2O4. The van der Waals surface area contributed by atoms with E-state index in [9.17, 15) is 9.59 Å². The minimum absolute atomic E-state index is 0.0387. The molecule has 0 unspecified atom stereocenters. The maximum atomic E-state index is 12.2. The van der Waals surface area contributed by atoms with E-state index < -0.39 is 5.97 Å². The number of carbonyl (C=O) groups is 2. The minimum Gasteiger partial charge on any atom is -0.495 e. The van der Waals surface area contributed by atoms with Gasteiger partial charge in [-0.05, 0) is 43.7 Å². The first kappa shape index (κ1) is 18.3. The molecular weight excluding hydrogens is 320 g/mol. The summed E-state index contributed by atoms with van der Waals surface area (Å²) in [6, 6.07) is 12.4. The van der Waals surface area contributed by atoms with E-state index in [0.29, 0.717) is 17.0 Å². The van der Waals surface area contributed by atoms with Crippen molar-refractivity contribution in [1.82, 2.24) is 0 Å². The third-order valence-electron chi connectivity index (χ3n) is 3.49. The van der Waals surface area contributed by atoms with Crippen molar-refractivity contribution in [2.24, 2.45) is 0 Å². The second kappa shape index (κ2) is 8.73.